The molecule has 1 saturated heterocycles. The molecule has 4 aromatic heterocycles. The Hall–Kier alpha value is -4.82. The zero-order chi connectivity index (χ0) is 29.2. The maximum Gasteiger partial charge on any atom is 0.332 e. The molecule has 0 bridgehead atoms. The fourth-order valence-corrected chi connectivity index (χ4v) is 5.29. The molecule has 1 saturated carbocycles. The highest BCUT2D eigenvalue weighted by molar-refractivity contribution is 5.93. The number of carbonyl (C=O) groups is 2. The molecule has 6 rings (SSSR count). The number of hydrogen-bond donors (Lipinski definition) is 1. The molecular weight excluding hydrogens is 540 g/mol. The third-order valence-electron chi connectivity index (χ3n) is 7.69. The molecule has 1 aliphatic carbocycles. The number of halogens is 2. The van der Waals surface area contributed by atoms with Gasteiger partial charge in [0.2, 0.25) is 5.91 Å². The highest BCUT2D eigenvalue weighted by Crippen LogP contribution is 2.59. The summed E-state index contributed by atoms with van der Waals surface area (Å²) in [7, 11) is 1.43. The Morgan fingerprint density at radius 3 is 2.51 bits per heavy atom. The van der Waals surface area contributed by atoms with E-state index in [2.05, 4.69) is 25.3 Å². The third kappa shape index (κ3) is 4.37. The first-order chi connectivity index (χ1) is 19.5. The normalized spacial score (nSPS) is 19.7. The fourth-order valence-electron chi connectivity index (χ4n) is 5.29. The Kier molecular flexibility index (Phi) is 6.04. The van der Waals surface area contributed by atoms with E-state index in [1.807, 2.05) is 4.90 Å². The van der Waals surface area contributed by atoms with E-state index in [1.165, 1.54) is 37.3 Å². The second-order valence-electron chi connectivity index (χ2n) is 10.4. The zero-order valence-electron chi connectivity index (χ0n) is 22.3. The number of amides is 1. The quantitative estimate of drug-likeness (QED) is 0.349. The average molecular weight is 566 g/mol. The van der Waals surface area contributed by atoms with Crippen LogP contribution in [0.3, 0.4) is 0 Å². The monoisotopic (exact) mass is 565 g/mol. The van der Waals surface area contributed by atoms with Crippen molar-refractivity contribution in [3.63, 3.8) is 0 Å². The number of hydrogen-bond acceptors (Lipinski definition) is 9. The molecule has 2 fully saturated rings. The van der Waals surface area contributed by atoms with Gasteiger partial charge in [0, 0.05) is 31.9 Å². The Bertz CT molecular complexity index is 1820. The summed E-state index contributed by atoms with van der Waals surface area (Å²) in [6, 6.07) is 2.56. The van der Waals surface area contributed by atoms with Gasteiger partial charge < -0.3 is 14.8 Å². The summed E-state index contributed by atoms with van der Waals surface area (Å²) in [5.74, 6) is -3.92. The first-order valence-electron chi connectivity index (χ1n) is 12.8. The van der Waals surface area contributed by atoms with Crippen LogP contribution in [0, 0.1) is 11.8 Å². The SMILES string of the molecule is CC(=O)Cn1c(=O)c2c(ncn2C(C)C(=O)Nc2cncc(-c3ccc(N4CC5C(C4)C5(F)F)nc3)n2)n(C)c1=O. The lowest BCUT2D eigenvalue weighted by Crippen LogP contribution is -2.41. The molecule has 5 heterocycles. The predicted octanol–water partition coefficient (Wildman–Crippen LogP) is 1.24. The van der Waals surface area contributed by atoms with E-state index in [1.54, 1.807) is 25.3 Å². The summed E-state index contributed by atoms with van der Waals surface area (Å²) < 4.78 is 30.3. The molecule has 15 heteroatoms. The van der Waals surface area contributed by atoms with Gasteiger partial charge in [0.25, 0.3) is 11.5 Å². The zero-order valence-corrected chi connectivity index (χ0v) is 22.3. The van der Waals surface area contributed by atoms with Gasteiger partial charge in [0.15, 0.2) is 17.0 Å². The number of carbonyl (C=O) groups excluding carboxylic acids is 2. The minimum atomic E-state index is -2.56. The Balaban J connectivity index is 1.20. The van der Waals surface area contributed by atoms with E-state index in [-0.39, 0.29) is 35.9 Å². The summed E-state index contributed by atoms with van der Waals surface area (Å²) in [6.45, 7) is 2.96. The molecule has 13 nitrogen and oxygen atoms in total. The second kappa shape index (κ2) is 9.38. The minimum Gasteiger partial charge on any atom is -0.356 e. The maximum atomic E-state index is 13.5. The standard InChI is InChI=1S/C26H25F2N9O4/c1-13(38)9-36-24(40)21-22(34(3)25(36)41)31-12-37(21)14(2)23(39)33-19-8-29-7-18(32-19)15-4-5-20(30-6-15)35-10-16-17(11-35)26(16,27)28/h4-8,12,14,16-17H,9-11H2,1-3H3,(H,32,33,39). The van der Waals surface area contributed by atoms with Gasteiger partial charge in [-0.05, 0) is 26.0 Å². The van der Waals surface area contributed by atoms with Crippen molar-refractivity contribution < 1.29 is 18.4 Å². The van der Waals surface area contributed by atoms with Gasteiger partial charge >= 0.3 is 5.69 Å². The minimum absolute atomic E-state index is 0.000948. The van der Waals surface area contributed by atoms with Crippen LogP contribution in [0.1, 0.15) is 19.9 Å². The maximum absolute atomic E-state index is 13.5. The van der Waals surface area contributed by atoms with E-state index < -0.39 is 47.5 Å². The van der Waals surface area contributed by atoms with Crippen molar-refractivity contribution >= 4 is 34.5 Å². The Labute approximate surface area is 230 Å². The molecule has 1 amide bonds. The lowest BCUT2D eigenvalue weighted by Gasteiger charge is -2.20. The van der Waals surface area contributed by atoms with Crippen LogP contribution in [0.5, 0.6) is 0 Å². The lowest BCUT2D eigenvalue weighted by atomic mass is 10.2. The molecular formula is C26H25F2N9O4. The summed E-state index contributed by atoms with van der Waals surface area (Å²) in [6.07, 6.45) is 5.72. The summed E-state index contributed by atoms with van der Waals surface area (Å²) in [5.41, 5.74) is -0.285. The highest BCUT2D eigenvalue weighted by atomic mass is 19.3. The van der Waals surface area contributed by atoms with Crippen LogP contribution in [-0.4, -0.2) is 64.3 Å². The third-order valence-corrected chi connectivity index (χ3v) is 7.69. The van der Waals surface area contributed by atoms with E-state index in [4.69, 9.17) is 0 Å². The molecule has 1 aliphatic heterocycles. The largest absolute Gasteiger partial charge is 0.356 e. The molecule has 0 spiro atoms. The first-order valence-corrected chi connectivity index (χ1v) is 12.8. The number of aromatic nitrogens is 7. The van der Waals surface area contributed by atoms with Crippen molar-refractivity contribution in [3.8, 4) is 11.3 Å². The van der Waals surface area contributed by atoms with Crippen LogP contribution in [0.15, 0.2) is 46.6 Å². The second-order valence-corrected chi connectivity index (χ2v) is 10.4. The van der Waals surface area contributed by atoms with E-state index in [9.17, 15) is 28.0 Å². The topological polar surface area (TPSA) is 150 Å². The van der Waals surface area contributed by atoms with E-state index in [0.717, 1.165) is 9.13 Å². The number of rotatable bonds is 7. The molecule has 0 radical (unpaired) electrons. The van der Waals surface area contributed by atoms with Gasteiger partial charge in [0.05, 0.1) is 42.8 Å². The summed E-state index contributed by atoms with van der Waals surface area (Å²) >= 11 is 0. The number of anilines is 2. The van der Waals surface area contributed by atoms with Gasteiger partial charge in [-0.15, -0.1) is 0 Å². The van der Waals surface area contributed by atoms with Gasteiger partial charge in [-0.3, -0.25) is 28.5 Å². The molecule has 3 atom stereocenters. The average Bonchev–Trinajstić information content (AvgIpc) is 3.38. The number of nitrogens with zero attached hydrogens (tertiary/aromatic N) is 8. The van der Waals surface area contributed by atoms with Crippen LogP contribution in [-0.2, 0) is 23.2 Å². The molecule has 1 N–H and O–H groups in total. The molecule has 3 unspecified atom stereocenters. The molecule has 41 heavy (non-hydrogen) atoms. The van der Waals surface area contributed by atoms with Crippen LogP contribution in [0.25, 0.3) is 22.4 Å². The number of nitrogens with one attached hydrogen (secondary N) is 1. The van der Waals surface area contributed by atoms with Crippen molar-refractivity contribution in [2.75, 3.05) is 23.3 Å². The molecule has 212 valence electrons. The summed E-state index contributed by atoms with van der Waals surface area (Å²) in [5, 5.41) is 2.68. The number of fused-ring (bicyclic) bond motifs is 2. The van der Waals surface area contributed by atoms with Crippen molar-refractivity contribution in [3.05, 3.63) is 57.9 Å². The highest BCUT2D eigenvalue weighted by Gasteiger charge is 2.71. The van der Waals surface area contributed by atoms with Crippen LogP contribution in [0.4, 0.5) is 20.4 Å². The number of aryl methyl sites for hydroxylation is 1. The van der Waals surface area contributed by atoms with Crippen molar-refractivity contribution in [2.24, 2.45) is 18.9 Å². The predicted molar refractivity (Wildman–Crippen MR) is 143 cm³/mol. The van der Waals surface area contributed by atoms with E-state index >= 15 is 0 Å². The Morgan fingerprint density at radius 2 is 1.85 bits per heavy atom. The lowest BCUT2D eigenvalue weighted by molar-refractivity contribution is -0.119. The molecule has 0 aromatic carbocycles. The van der Waals surface area contributed by atoms with Gasteiger partial charge in [-0.2, -0.15) is 0 Å². The van der Waals surface area contributed by atoms with Crippen molar-refractivity contribution in [1.82, 2.24) is 33.6 Å². The van der Waals surface area contributed by atoms with Crippen LogP contribution < -0.4 is 21.5 Å². The smallest absolute Gasteiger partial charge is 0.332 e. The number of alkyl halides is 2. The van der Waals surface area contributed by atoms with Crippen molar-refractivity contribution in [1.29, 1.82) is 0 Å². The summed E-state index contributed by atoms with van der Waals surface area (Å²) in [4.78, 5) is 69.5. The Morgan fingerprint density at radius 1 is 1.12 bits per heavy atom. The number of pyridine rings is 1. The van der Waals surface area contributed by atoms with E-state index in [0.29, 0.717) is 17.1 Å². The number of imidazole rings is 1. The molecule has 4 aromatic rings. The van der Waals surface area contributed by atoms with Crippen molar-refractivity contribution in [2.45, 2.75) is 32.4 Å². The first kappa shape index (κ1) is 26.4. The number of ketones is 1. The van der Waals surface area contributed by atoms with Gasteiger partial charge in [0.1, 0.15) is 17.6 Å². The van der Waals surface area contributed by atoms with Crippen LogP contribution in [0.2, 0.25) is 0 Å². The number of piperidine rings is 1. The van der Waals surface area contributed by atoms with Gasteiger partial charge in [-0.25, -0.2) is 28.5 Å². The fraction of sp³-hybridized carbons (Fsp3) is 0.385. The van der Waals surface area contributed by atoms with Gasteiger partial charge in [-0.1, -0.05) is 0 Å². The molecule has 2 aliphatic rings. The number of Topliss-reactive ketones (excluding diaryl/α,β-unsaturated/α-hetero) is 1. The van der Waals surface area contributed by atoms with Crippen LogP contribution >= 0.6 is 0 Å².